The number of hydrogen-bond donors (Lipinski definition) is 1. The van der Waals surface area contributed by atoms with Crippen LogP contribution in [0.4, 0.5) is 0 Å². The lowest BCUT2D eigenvalue weighted by molar-refractivity contribution is -0.136. The van der Waals surface area contributed by atoms with E-state index >= 15 is 0 Å². The molecule has 5 heteroatoms. The van der Waals surface area contributed by atoms with Crippen molar-refractivity contribution in [3.8, 4) is 0 Å². The fraction of sp³-hybridized carbons (Fsp3) is 0.611. The van der Waals surface area contributed by atoms with Crippen LogP contribution in [-0.4, -0.2) is 37.1 Å². The van der Waals surface area contributed by atoms with E-state index in [1.807, 2.05) is 4.90 Å². The number of methoxy groups -OCH3 is 1. The van der Waals surface area contributed by atoms with E-state index in [9.17, 15) is 4.79 Å². The van der Waals surface area contributed by atoms with Gasteiger partial charge in [-0.05, 0) is 25.3 Å². The lowest BCUT2D eigenvalue weighted by Crippen LogP contribution is -2.38. The van der Waals surface area contributed by atoms with Crippen LogP contribution >= 0.6 is 12.4 Å². The normalized spacial score (nSPS) is 19.6. The molecule has 1 aliphatic rings. The third-order valence-corrected chi connectivity index (χ3v) is 4.50. The van der Waals surface area contributed by atoms with Gasteiger partial charge in [0.15, 0.2) is 0 Å². The second kappa shape index (κ2) is 9.91. The highest BCUT2D eigenvalue weighted by Crippen LogP contribution is 2.31. The highest BCUT2D eigenvalue weighted by molar-refractivity contribution is 5.85. The second-order valence-corrected chi connectivity index (χ2v) is 6.16. The van der Waals surface area contributed by atoms with Gasteiger partial charge in [0.2, 0.25) is 5.91 Å². The van der Waals surface area contributed by atoms with Crippen LogP contribution in [0.3, 0.4) is 0 Å². The zero-order chi connectivity index (χ0) is 15.9. The maximum Gasteiger partial charge on any atom is 0.225 e. The monoisotopic (exact) mass is 340 g/mol. The molecule has 0 aromatic heterocycles. The highest BCUT2D eigenvalue weighted by atomic mass is 35.5. The largest absolute Gasteiger partial charge is 0.380 e. The van der Waals surface area contributed by atoms with Crippen molar-refractivity contribution in [2.24, 2.45) is 5.73 Å². The summed E-state index contributed by atoms with van der Waals surface area (Å²) in [5.41, 5.74) is 8.15. The average molecular weight is 341 g/mol. The van der Waals surface area contributed by atoms with Gasteiger partial charge in [-0.3, -0.25) is 4.79 Å². The van der Waals surface area contributed by atoms with E-state index < -0.39 is 0 Å². The summed E-state index contributed by atoms with van der Waals surface area (Å²) < 4.78 is 5.28. The number of nitrogens with zero attached hydrogens (tertiary/aromatic N) is 1. The Morgan fingerprint density at radius 2 is 2.17 bits per heavy atom. The van der Waals surface area contributed by atoms with E-state index in [0.717, 1.165) is 19.4 Å². The van der Waals surface area contributed by atoms with Gasteiger partial charge < -0.3 is 15.4 Å². The van der Waals surface area contributed by atoms with Gasteiger partial charge in [0.1, 0.15) is 0 Å². The van der Waals surface area contributed by atoms with Crippen molar-refractivity contribution in [1.82, 2.24) is 4.90 Å². The average Bonchev–Trinajstić information content (AvgIpc) is 2.78. The third kappa shape index (κ3) is 5.48. The summed E-state index contributed by atoms with van der Waals surface area (Å²) in [7, 11) is 1.62. The quantitative estimate of drug-likeness (QED) is 0.895. The number of amides is 1. The number of likely N-dealkylation sites (tertiary alicyclic amines) is 1. The minimum absolute atomic E-state index is 0. The molecule has 1 aromatic carbocycles. The Morgan fingerprint density at radius 3 is 2.83 bits per heavy atom. The van der Waals surface area contributed by atoms with Crippen LogP contribution in [0.5, 0.6) is 0 Å². The minimum atomic E-state index is -0.186. The van der Waals surface area contributed by atoms with Crippen LogP contribution in [0.1, 0.15) is 49.3 Å². The van der Waals surface area contributed by atoms with E-state index in [-0.39, 0.29) is 30.5 Å². The molecule has 2 atom stereocenters. The van der Waals surface area contributed by atoms with Gasteiger partial charge in [-0.2, -0.15) is 0 Å². The molecule has 1 saturated heterocycles. The number of rotatable bonds is 5. The molecule has 2 rings (SSSR count). The number of ether oxygens (including phenoxy) is 1. The Morgan fingerprint density at radius 1 is 1.39 bits per heavy atom. The number of benzene rings is 1. The first kappa shape index (κ1) is 19.9. The topological polar surface area (TPSA) is 55.6 Å². The zero-order valence-corrected chi connectivity index (χ0v) is 15.0. The van der Waals surface area contributed by atoms with Crippen molar-refractivity contribution in [3.05, 3.63) is 35.4 Å². The molecule has 1 aromatic rings. The SMILES string of the molecule is COC(CN)CC(=O)N1CCCCCC1c1cccc(C)c1.Cl. The Balaban J connectivity index is 0.00000264. The van der Waals surface area contributed by atoms with E-state index in [1.54, 1.807) is 7.11 Å². The first-order chi connectivity index (χ1) is 10.7. The molecule has 2 N–H and O–H groups in total. The van der Waals surface area contributed by atoms with Crippen LogP contribution in [-0.2, 0) is 9.53 Å². The van der Waals surface area contributed by atoms with E-state index in [2.05, 4.69) is 31.2 Å². The van der Waals surface area contributed by atoms with Gasteiger partial charge in [-0.1, -0.05) is 42.7 Å². The number of aryl methyl sites for hydroxylation is 1. The molecule has 23 heavy (non-hydrogen) atoms. The van der Waals surface area contributed by atoms with Crippen LogP contribution in [0.2, 0.25) is 0 Å². The van der Waals surface area contributed by atoms with Crippen molar-refractivity contribution in [2.75, 3.05) is 20.2 Å². The van der Waals surface area contributed by atoms with Crippen molar-refractivity contribution in [1.29, 1.82) is 0 Å². The fourth-order valence-corrected chi connectivity index (χ4v) is 3.21. The van der Waals surface area contributed by atoms with Crippen LogP contribution in [0, 0.1) is 6.92 Å². The molecule has 2 unspecified atom stereocenters. The van der Waals surface area contributed by atoms with Crippen molar-refractivity contribution < 1.29 is 9.53 Å². The summed E-state index contributed by atoms with van der Waals surface area (Å²) in [5, 5.41) is 0. The van der Waals surface area contributed by atoms with Gasteiger partial charge in [0.05, 0.1) is 18.6 Å². The van der Waals surface area contributed by atoms with E-state index in [0.29, 0.717) is 13.0 Å². The van der Waals surface area contributed by atoms with Gasteiger partial charge in [-0.15, -0.1) is 12.4 Å². The number of carbonyl (C=O) groups excluding carboxylic acids is 1. The maximum atomic E-state index is 12.7. The predicted molar refractivity (Wildman–Crippen MR) is 95.8 cm³/mol. The Kier molecular flexibility index (Phi) is 8.59. The number of hydrogen-bond acceptors (Lipinski definition) is 3. The van der Waals surface area contributed by atoms with Gasteiger partial charge >= 0.3 is 0 Å². The van der Waals surface area contributed by atoms with Crippen LogP contribution < -0.4 is 5.73 Å². The standard InChI is InChI=1S/C18H28N2O2.ClH/c1-14-7-6-8-15(11-14)17-9-4-3-5-10-20(17)18(21)12-16(13-19)22-2;/h6-8,11,16-17H,3-5,9-10,12-13,19H2,1-2H3;1H. The third-order valence-electron chi connectivity index (χ3n) is 4.50. The molecular formula is C18H29ClN2O2. The molecule has 0 saturated carbocycles. The second-order valence-electron chi connectivity index (χ2n) is 6.16. The molecule has 1 amide bonds. The molecule has 4 nitrogen and oxygen atoms in total. The number of nitrogens with two attached hydrogens (primary N) is 1. The van der Waals surface area contributed by atoms with E-state index in [4.69, 9.17) is 10.5 Å². The number of carbonyl (C=O) groups is 1. The lowest BCUT2D eigenvalue weighted by Gasteiger charge is -2.31. The molecule has 0 bridgehead atoms. The summed E-state index contributed by atoms with van der Waals surface area (Å²) in [6, 6.07) is 8.70. The van der Waals surface area contributed by atoms with Gasteiger partial charge in [0.25, 0.3) is 0 Å². The Labute approximate surface area is 145 Å². The van der Waals surface area contributed by atoms with Gasteiger partial charge in [0, 0.05) is 20.2 Å². The Hall–Kier alpha value is -1.10. The first-order valence-electron chi connectivity index (χ1n) is 8.24. The molecule has 0 radical (unpaired) electrons. The number of halogens is 1. The smallest absolute Gasteiger partial charge is 0.225 e. The summed E-state index contributed by atoms with van der Waals surface area (Å²) in [6.07, 6.45) is 4.66. The summed E-state index contributed by atoms with van der Waals surface area (Å²) >= 11 is 0. The van der Waals surface area contributed by atoms with Crippen LogP contribution in [0.15, 0.2) is 24.3 Å². The summed E-state index contributed by atoms with van der Waals surface area (Å²) in [5.74, 6) is 0.158. The maximum absolute atomic E-state index is 12.7. The predicted octanol–water partition coefficient (Wildman–Crippen LogP) is 3.22. The highest BCUT2D eigenvalue weighted by Gasteiger charge is 2.28. The van der Waals surface area contributed by atoms with Crippen LogP contribution in [0.25, 0.3) is 0 Å². The molecule has 0 spiro atoms. The summed E-state index contributed by atoms with van der Waals surface area (Å²) in [6.45, 7) is 3.31. The molecule has 130 valence electrons. The summed E-state index contributed by atoms with van der Waals surface area (Å²) in [4.78, 5) is 14.8. The zero-order valence-electron chi connectivity index (χ0n) is 14.2. The minimum Gasteiger partial charge on any atom is -0.380 e. The Bertz CT molecular complexity index is 492. The first-order valence-corrected chi connectivity index (χ1v) is 8.24. The lowest BCUT2D eigenvalue weighted by atomic mass is 9.98. The molecule has 1 aliphatic heterocycles. The van der Waals surface area contributed by atoms with Crippen molar-refractivity contribution in [3.63, 3.8) is 0 Å². The molecule has 0 aliphatic carbocycles. The van der Waals surface area contributed by atoms with Crippen molar-refractivity contribution >= 4 is 18.3 Å². The fourth-order valence-electron chi connectivity index (χ4n) is 3.21. The molecular weight excluding hydrogens is 312 g/mol. The molecule has 1 fully saturated rings. The van der Waals surface area contributed by atoms with Crippen molar-refractivity contribution in [2.45, 2.75) is 51.2 Å². The molecule has 1 heterocycles. The van der Waals surface area contributed by atoms with E-state index in [1.165, 1.54) is 24.0 Å². The van der Waals surface area contributed by atoms with Gasteiger partial charge in [-0.25, -0.2) is 0 Å².